The Hall–Kier alpha value is -3.39. The monoisotopic (exact) mass is 537 g/mol. The third-order valence-corrected chi connectivity index (χ3v) is 7.35. The van der Waals surface area contributed by atoms with Gasteiger partial charge in [-0.25, -0.2) is 5.48 Å². The molecule has 1 saturated heterocycles. The van der Waals surface area contributed by atoms with Crippen molar-refractivity contribution < 1.29 is 19.2 Å². The van der Waals surface area contributed by atoms with Crippen LogP contribution in [0.3, 0.4) is 0 Å². The van der Waals surface area contributed by atoms with Crippen molar-refractivity contribution in [2.24, 2.45) is 0 Å². The molecule has 3 aromatic rings. The number of carbonyl (C=O) groups excluding carboxylic acids is 3. The first-order chi connectivity index (χ1) is 18.0. The summed E-state index contributed by atoms with van der Waals surface area (Å²) in [5.74, 6) is -1.93. The molecule has 37 heavy (non-hydrogen) atoms. The van der Waals surface area contributed by atoms with Crippen molar-refractivity contribution in [1.82, 2.24) is 15.7 Å². The van der Waals surface area contributed by atoms with Crippen molar-refractivity contribution in [1.29, 1.82) is 0 Å². The molecule has 2 N–H and O–H groups in total. The van der Waals surface area contributed by atoms with Crippen LogP contribution in [0.15, 0.2) is 72.8 Å². The van der Waals surface area contributed by atoms with E-state index >= 15 is 0 Å². The summed E-state index contributed by atoms with van der Waals surface area (Å²) in [6.07, 6.45) is 1.18. The van der Waals surface area contributed by atoms with E-state index in [4.69, 9.17) is 28.0 Å². The molecule has 9 heteroatoms. The van der Waals surface area contributed by atoms with Crippen molar-refractivity contribution in [3.63, 3.8) is 0 Å². The van der Waals surface area contributed by atoms with Gasteiger partial charge in [0.25, 0.3) is 11.8 Å². The number of hydrogen-bond donors (Lipinski definition) is 2. The van der Waals surface area contributed by atoms with E-state index in [1.165, 1.54) is 4.90 Å². The number of rotatable bonds is 6. The zero-order valence-electron chi connectivity index (χ0n) is 19.8. The molecule has 0 spiro atoms. The maximum absolute atomic E-state index is 13.9. The topological polar surface area (TPSA) is 87.7 Å². The summed E-state index contributed by atoms with van der Waals surface area (Å²) >= 11 is 12.8. The molecule has 5 rings (SSSR count). The lowest BCUT2D eigenvalue weighted by Gasteiger charge is -2.46. The van der Waals surface area contributed by atoms with Crippen LogP contribution in [0.1, 0.15) is 51.8 Å². The number of benzene rings is 3. The van der Waals surface area contributed by atoms with E-state index in [-0.39, 0.29) is 18.4 Å². The molecule has 3 amide bonds. The van der Waals surface area contributed by atoms with Crippen LogP contribution in [-0.4, -0.2) is 35.2 Å². The molecule has 2 heterocycles. The van der Waals surface area contributed by atoms with Gasteiger partial charge < -0.3 is 10.2 Å². The Morgan fingerprint density at radius 1 is 1.00 bits per heavy atom. The highest BCUT2D eigenvalue weighted by molar-refractivity contribution is 6.35. The summed E-state index contributed by atoms with van der Waals surface area (Å²) in [4.78, 5) is 47.8. The lowest BCUT2D eigenvalue weighted by molar-refractivity contribution is -0.139. The first-order valence-electron chi connectivity index (χ1n) is 12.1. The fraction of sp³-hybridized carbons (Fsp3) is 0.250. The fourth-order valence-electron chi connectivity index (χ4n) is 5.10. The van der Waals surface area contributed by atoms with E-state index in [0.29, 0.717) is 46.1 Å². The van der Waals surface area contributed by atoms with Gasteiger partial charge in [0.05, 0.1) is 18.6 Å². The summed E-state index contributed by atoms with van der Waals surface area (Å²) in [6.45, 7) is 0.707. The summed E-state index contributed by atoms with van der Waals surface area (Å²) in [5, 5.41) is 3.58. The van der Waals surface area contributed by atoms with E-state index in [2.05, 4.69) is 10.8 Å². The first-order valence-corrected chi connectivity index (χ1v) is 12.8. The Kier molecular flexibility index (Phi) is 7.46. The van der Waals surface area contributed by atoms with Gasteiger partial charge in [-0.05, 0) is 47.7 Å². The molecule has 0 bridgehead atoms. The zero-order valence-corrected chi connectivity index (χ0v) is 21.3. The zero-order chi connectivity index (χ0) is 25.9. The smallest absolute Gasteiger partial charge is 0.255 e. The van der Waals surface area contributed by atoms with Gasteiger partial charge in [-0.15, -0.1) is 0 Å². The number of fused-ring (bicyclic) bond motifs is 1. The van der Waals surface area contributed by atoms with Crippen molar-refractivity contribution in [3.8, 4) is 0 Å². The van der Waals surface area contributed by atoms with E-state index in [1.807, 2.05) is 30.3 Å². The van der Waals surface area contributed by atoms with Crippen molar-refractivity contribution in [3.05, 3.63) is 105 Å². The summed E-state index contributed by atoms with van der Waals surface area (Å²) in [6, 6.07) is 19.7. The van der Waals surface area contributed by atoms with Gasteiger partial charge in [0.1, 0.15) is 6.04 Å². The summed E-state index contributed by atoms with van der Waals surface area (Å²) < 4.78 is 0. The predicted molar refractivity (Wildman–Crippen MR) is 140 cm³/mol. The molecule has 7 nitrogen and oxygen atoms in total. The van der Waals surface area contributed by atoms with Gasteiger partial charge in [-0.3, -0.25) is 19.2 Å². The Bertz CT molecular complexity index is 1330. The van der Waals surface area contributed by atoms with Crippen LogP contribution in [0.25, 0.3) is 0 Å². The predicted octanol–water partition coefficient (Wildman–Crippen LogP) is 4.80. The average Bonchev–Trinajstić information content (AvgIpc) is 2.90. The molecule has 3 aromatic carbocycles. The van der Waals surface area contributed by atoms with Crippen LogP contribution in [0.5, 0.6) is 0 Å². The third-order valence-electron chi connectivity index (χ3n) is 6.79. The second-order valence-electron chi connectivity index (χ2n) is 9.08. The van der Waals surface area contributed by atoms with Gasteiger partial charge >= 0.3 is 0 Å². The average molecular weight is 538 g/mol. The molecule has 190 valence electrons. The number of amides is 3. The third kappa shape index (κ3) is 5.07. The van der Waals surface area contributed by atoms with Gasteiger partial charge in [0.15, 0.2) is 0 Å². The number of carbonyl (C=O) groups is 3. The standard InChI is InChI=1S/C28H25Cl2N3O4/c29-18-12-13-21(22(30)15-18)25-24(27(35)32-37-16-17-7-2-1-3-8-17)19-9-4-5-10-20(19)28(36)33(25)23-11-6-14-31-26(23)34/h1-5,7-10,12-13,15,23-25H,6,11,14,16H2,(H,31,34)(H,32,35)/t23-,24-,25+/m0/s1. The van der Waals surface area contributed by atoms with Crippen molar-refractivity contribution in [2.45, 2.75) is 37.5 Å². The van der Waals surface area contributed by atoms with Crippen LogP contribution in [0.4, 0.5) is 0 Å². The van der Waals surface area contributed by atoms with Gasteiger partial charge in [-0.2, -0.15) is 0 Å². The van der Waals surface area contributed by atoms with Crippen LogP contribution in [0, 0.1) is 0 Å². The Morgan fingerprint density at radius 2 is 1.76 bits per heavy atom. The molecule has 1 fully saturated rings. The number of hydrogen-bond acceptors (Lipinski definition) is 4. The molecule has 0 saturated carbocycles. The highest BCUT2D eigenvalue weighted by atomic mass is 35.5. The van der Waals surface area contributed by atoms with Crippen LogP contribution in [0.2, 0.25) is 10.0 Å². The molecule has 0 aliphatic carbocycles. The lowest BCUT2D eigenvalue weighted by Crippen LogP contribution is -2.57. The van der Waals surface area contributed by atoms with E-state index in [0.717, 1.165) is 5.56 Å². The molecule has 0 aromatic heterocycles. The van der Waals surface area contributed by atoms with Gasteiger partial charge in [0.2, 0.25) is 5.91 Å². The number of hydroxylamine groups is 1. The van der Waals surface area contributed by atoms with Crippen LogP contribution >= 0.6 is 23.2 Å². The molecular formula is C28H25Cl2N3O4. The van der Waals surface area contributed by atoms with Crippen molar-refractivity contribution >= 4 is 40.9 Å². The second kappa shape index (κ2) is 10.9. The number of piperidine rings is 1. The maximum Gasteiger partial charge on any atom is 0.255 e. The van der Waals surface area contributed by atoms with E-state index < -0.39 is 23.9 Å². The molecule has 2 aliphatic rings. The number of nitrogens with one attached hydrogen (secondary N) is 2. The Morgan fingerprint density at radius 3 is 2.51 bits per heavy atom. The van der Waals surface area contributed by atoms with E-state index in [1.54, 1.807) is 42.5 Å². The van der Waals surface area contributed by atoms with E-state index in [9.17, 15) is 14.4 Å². The Balaban J connectivity index is 1.58. The largest absolute Gasteiger partial charge is 0.354 e. The molecule has 2 aliphatic heterocycles. The molecular weight excluding hydrogens is 513 g/mol. The summed E-state index contributed by atoms with van der Waals surface area (Å²) in [5.41, 5.74) is 4.89. The minimum Gasteiger partial charge on any atom is -0.354 e. The number of halogens is 2. The van der Waals surface area contributed by atoms with Gasteiger partial charge in [-0.1, -0.05) is 77.8 Å². The molecule has 0 unspecified atom stereocenters. The normalized spacial score (nSPS) is 21.2. The van der Waals surface area contributed by atoms with Gasteiger partial charge in [0, 0.05) is 22.2 Å². The van der Waals surface area contributed by atoms with Crippen LogP contribution in [-0.2, 0) is 21.0 Å². The van der Waals surface area contributed by atoms with Crippen molar-refractivity contribution in [2.75, 3.05) is 6.54 Å². The SMILES string of the molecule is O=C(NOCc1ccccc1)[C@H]1c2ccccc2C(=O)N([C@H]2CCCNC2=O)[C@@H]1c1ccc(Cl)cc1Cl. The lowest BCUT2D eigenvalue weighted by atomic mass is 9.78. The maximum atomic E-state index is 13.9. The highest BCUT2D eigenvalue weighted by Crippen LogP contribution is 2.46. The van der Waals surface area contributed by atoms with Crippen LogP contribution < -0.4 is 10.8 Å². The minimum absolute atomic E-state index is 0.168. The first kappa shape index (κ1) is 25.3. The molecule has 0 radical (unpaired) electrons. The Labute approximate surface area is 224 Å². The summed E-state index contributed by atoms with van der Waals surface area (Å²) in [7, 11) is 0. The number of nitrogens with zero attached hydrogens (tertiary/aromatic N) is 1. The second-order valence-corrected chi connectivity index (χ2v) is 9.92. The fourth-order valence-corrected chi connectivity index (χ4v) is 5.62. The molecule has 3 atom stereocenters. The minimum atomic E-state index is -0.891. The quantitative estimate of drug-likeness (QED) is 0.442. The highest BCUT2D eigenvalue weighted by Gasteiger charge is 2.49.